The molecular formula is C15H21NO2S. The van der Waals surface area contributed by atoms with Gasteiger partial charge in [-0.2, -0.15) is 0 Å². The summed E-state index contributed by atoms with van der Waals surface area (Å²) in [6.45, 7) is 5.12. The predicted octanol–water partition coefficient (Wildman–Crippen LogP) is 4.10. The molecule has 0 aromatic heterocycles. The molecule has 104 valence electrons. The van der Waals surface area contributed by atoms with Gasteiger partial charge in [-0.25, -0.2) is 4.79 Å². The van der Waals surface area contributed by atoms with E-state index in [-0.39, 0.29) is 0 Å². The van der Waals surface area contributed by atoms with Crippen LogP contribution in [-0.4, -0.2) is 23.4 Å². The monoisotopic (exact) mass is 279 g/mol. The van der Waals surface area contributed by atoms with Crippen LogP contribution in [-0.2, 0) is 0 Å². The van der Waals surface area contributed by atoms with Crippen molar-refractivity contribution < 1.29 is 9.90 Å². The molecule has 0 radical (unpaired) electrons. The van der Waals surface area contributed by atoms with Crippen molar-refractivity contribution in [2.75, 3.05) is 17.6 Å². The van der Waals surface area contributed by atoms with Gasteiger partial charge in [0.1, 0.15) is 0 Å². The Morgan fingerprint density at radius 3 is 2.68 bits per heavy atom. The highest BCUT2D eigenvalue weighted by Crippen LogP contribution is 2.48. The van der Waals surface area contributed by atoms with E-state index in [1.165, 1.54) is 12.8 Å². The molecule has 0 saturated heterocycles. The lowest BCUT2D eigenvalue weighted by Crippen LogP contribution is -2.16. The Morgan fingerprint density at radius 1 is 1.42 bits per heavy atom. The number of carboxylic acid groups (broad SMARTS) is 1. The van der Waals surface area contributed by atoms with E-state index in [2.05, 4.69) is 12.2 Å². The molecule has 1 fully saturated rings. The Bertz CT molecular complexity index is 469. The molecule has 2 rings (SSSR count). The van der Waals surface area contributed by atoms with Crippen molar-refractivity contribution in [1.29, 1.82) is 0 Å². The summed E-state index contributed by atoms with van der Waals surface area (Å²) in [6, 6.07) is 5.68. The molecule has 1 aromatic carbocycles. The number of hydrogen-bond donors (Lipinski definition) is 2. The fraction of sp³-hybridized carbons (Fsp3) is 0.533. The number of carboxylic acids is 1. The Kier molecular flexibility index (Phi) is 4.40. The molecule has 1 aromatic rings. The highest BCUT2D eigenvalue weighted by atomic mass is 32.2. The van der Waals surface area contributed by atoms with Gasteiger partial charge in [-0.1, -0.05) is 19.9 Å². The van der Waals surface area contributed by atoms with Crippen LogP contribution in [0.3, 0.4) is 0 Å². The van der Waals surface area contributed by atoms with E-state index in [1.807, 2.05) is 25.1 Å². The van der Waals surface area contributed by atoms with Crippen LogP contribution < -0.4 is 5.32 Å². The van der Waals surface area contributed by atoms with E-state index < -0.39 is 5.97 Å². The first-order valence-electron chi connectivity index (χ1n) is 6.85. The number of anilines is 1. The van der Waals surface area contributed by atoms with Gasteiger partial charge in [0, 0.05) is 17.1 Å². The standard InChI is InChI=1S/C15H21NO2S/c1-3-15(8-9-15)10-16-11-6-5-7-12(19-4-2)13(11)14(17)18/h5-7,16H,3-4,8-10H2,1-2H3,(H,17,18). The summed E-state index contributed by atoms with van der Waals surface area (Å²) >= 11 is 1.58. The van der Waals surface area contributed by atoms with E-state index in [4.69, 9.17) is 0 Å². The second-order valence-corrected chi connectivity index (χ2v) is 6.43. The molecule has 1 aliphatic carbocycles. The van der Waals surface area contributed by atoms with Gasteiger partial charge in [0.2, 0.25) is 0 Å². The average Bonchev–Trinajstić information content (AvgIpc) is 3.17. The maximum atomic E-state index is 11.5. The lowest BCUT2D eigenvalue weighted by molar-refractivity contribution is 0.0694. The number of carbonyl (C=O) groups is 1. The molecule has 0 bridgehead atoms. The normalized spacial score (nSPS) is 16.1. The third-order valence-electron chi connectivity index (χ3n) is 3.90. The zero-order valence-electron chi connectivity index (χ0n) is 11.5. The maximum absolute atomic E-state index is 11.5. The Morgan fingerprint density at radius 2 is 2.16 bits per heavy atom. The second-order valence-electron chi connectivity index (χ2n) is 5.12. The SMILES string of the molecule is CCSc1cccc(NCC2(CC)CC2)c1C(=O)O. The summed E-state index contributed by atoms with van der Waals surface area (Å²) in [4.78, 5) is 12.3. The van der Waals surface area contributed by atoms with Gasteiger partial charge in [0.05, 0.1) is 5.56 Å². The topological polar surface area (TPSA) is 49.3 Å². The Labute approximate surface area is 118 Å². The molecule has 0 unspecified atom stereocenters. The summed E-state index contributed by atoms with van der Waals surface area (Å²) < 4.78 is 0. The maximum Gasteiger partial charge on any atom is 0.338 e. The van der Waals surface area contributed by atoms with E-state index in [9.17, 15) is 9.90 Å². The summed E-state index contributed by atoms with van der Waals surface area (Å²) in [5, 5.41) is 12.8. The molecular weight excluding hydrogens is 258 g/mol. The smallest absolute Gasteiger partial charge is 0.338 e. The lowest BCUT2D eigenvalue weighted by Gasteiger charge is -2.17. The number of aromatic carboxylic acids is 1. The molecule has 4 heteroatoms. The molecule has 1 aliphatic rings. The van der Waals surface area contributed by atoms with Crippen LogP contribution in [0.2, 0.25) is 0 Å². The second kappa shape index (κ2) is 5.87. The fourth-order valence-electron chi connectivity index (χ4n) is 2.29. The summed E-state index contributed by atoms with van der Waals surface area (Å²) in [7, 11) is 0. The van der Waals surface area contributed by atoms with Gasteiger partial charge >= 0.3 is 5.97 Å². The van der Waals surface area contributed by atoms with Crippen LogP contribution >= 0.6 is 11.8 Å². The lowest BCUT2D eigenvalue weighted by atomic mass is 10.0. The van der Waals surface area contributed by atoms with Gasteiger partial charge in [0.15, 0.2) is 0 Å². The van der Waals surface area contributed by atoms with Crippen LogP contribution in [0.5, 0.6) is 0 Å². The number of benzene rings is 1. The fourth-order valence-corrected chi connectivity index (χ4v) is 3.12. The zero-order valence-corrected chi connectivity index (χ0v) is 12.3. The van der Waals surface area contributed by atoms with E-state index in [0.717, 1.165) is 29.3 Å². The zero-order chi connectivity index (χ0) is 13.9. The van der Waals surface area contributed by atoms with Gasteiger partial charge in [-0.3, -0.25) is 0 Å². The summed E-state index contributed by atoms with van der Waals surface area (Å²) in [5.74, 6) is 0.0308. The van der Waals surface area contributed by atoms with Gasteiger partial charge in [-0.15, -0.1) is 11.8 Å². The van der Waals surface area contributed by atoms with E-state index >= 15 is 0 Å². The molecule has 0 heterocycles. The molecule has 3 nitrogen and oxygen atoms in total. The Balaban J connectivity index is 2.19. The van der Waals surface area contributed by atoms with Crippen LogP contribution in [0.25, 0.3) is 0 Å². The highest BCUT2D eigenvalue weighted by Gasteiger charge is 2.40. The van der Waals surface area contributed by atoms with Gasteiger partial charge < -0.3 is 10.4 Å². The van der Waals surface area contributed by atoms with E-state index in [0.29, 0.717) is 11.0 Å². The minimum absolute atomic E-state index is 0.406. The molecule has 0 atom stereocenters. The molecule has 0 spiro atoms. The van der Waals surface area contributed by atoms with Crippen molar-refractivity contribution in [2.45, 2.75) is 38.0 Å². The number of hydrogen-bond acceptors (Lipinski definition) is 3. The molecule has 19 heavy (non-hydrogen) atoms. The van der Waals surface area contributed by atoms with Crippen LogP contribution in [0.1, 0.15) is 43.5 Å². The summed E-state index contributed by atoms with van der Waals surface area (Å²) in [6.07, 6.45) is 3.66. The number of thioether (sulfide) groups is 1. The minimum Gasteiger partial charge on any atom is -0.478 e. The van der Waals surface area contributed by atoms with Crippen molar-refractivity contribution in [3.05, 3.63) is 23.8 Å². The first-order chi connectivity index (χ1) is 9.12. The first kappa shape index (κ1) is 14.3. The number of nitrogens with one attached hydrogen (secondary N) is 1. The van der Waals surface area contributed by atoms with Gasteiger partial charge in [-0.05, 0) is 42.6 Å². The van der Waals surface area contributed by atoms with Crippen molar-refractivity contribution in [3.63, 3.8) is 0 Å². The van der Waals surface area contributed by atoms with E-state index in [1.54, 1.807) is 11.8 Å². The average molecular weight is 279 g/mol. The highest BCUT2D eigenvalue weighted by molar-refractivity contribution is 7.99. The molecule has 0 amide bonds. The summed E-state index contributed by atoms with van der Waals surface area (Å²) in [5.41, 5.74) is 1.58. The minimum atomic E-state index is -0.847. The number of rotatable bonds is 7. The quantitative estimate of drug-likeness (QED) is 0.738. The largest absolute Gasteiger partial charge is 0.478 e. The van der Waals surface area contributed by atoms with Crippen molar-refractivity contribution in [1.82, 2.24) is 0 Å². The first-order valence-corrected chi connectivity index (χ1v) is 7.83. The van der Waals surface area contributed by atoms with Crippen molar-refractivity contribution in [3.8, 4) is 0 Å². The molecule has 0 aliphatic heterocycles. The Hall–Kier alpha value is -1.16. The third-order valence-corrected chi connectivity index (χ3v) is 4.84. The van der Waals surface area contributed by atoms with Crippen LogP contribution in [0.15, 0.2) is 23.1 Å². The van der Waals surface area contributed by atoms with Crippen LogP contribution in [0, 0.1) is 5.41 Å². The van der Waals surface area contributed by atoms with Crippen LogP contribution in [0.4, 0.5) is 5.69 Å². The third kappa shape index (κ3) is 3.24. The van der Waals surface area contributed by atoms with Crippen molar-refractivity contribution >= 4 is 23.4 Å². The molecule has 1 saturated carbocycles. The van der Waals surface area contributed by atoms with Crippen molar-refractivity contribution in [2.24, 2.45) is 5.41 Å². The molecule has 2 N–H and O–H groups in total. The predicted molar refractivity (Wildman–Crippen MR) is 80.2 cm³/mol. The van der Waals surface area contributed by atoms with Gasteiger partial charge in [0.25, 0.3) is 0 Å².